The molecule has 0 fully saturated rings. The van der Waals surface area contributed by atoms with Crippen LogP contribution in [0.15, 0.2) is 24.8 Å². The van der Waals surface area contributed by atoms with Crippen LogP contribution < -0.4 is 0 Å². The highest BCUT2D eigenvalue weighted by Crippen LogP contribution is 2.17. The highest BCUT2D eigenvalue weighted by atomic mass is 16.7. The molecule has 1 aliphatic heterocycles. The zero-order valence-electron chi connectivity index (χ0n) is 11.0. The average Bonchev–Trinajstić information content (AvgIpc) is 2.35. The predicted molar refractivity (Wildman–Crippen MR) is 66.1 cm³/mol. The normalized spacial score (nSPS) is 25.7. The lowest BCUT2D eigenvalue weighted by molar-refractivity contribution is -0.194. The zero-order chi connectivity index (χ0) is 14.3. The summed E-state index contributed by atoms with van der Waals surface area (Å²) in [5.41, 5.74) is 0. The maximum absolute atomic E-state index is 11.0. The van der Waals surface area contributed by atoms with E-state index in [0.717, 1.165) is 0 Å². The van der Waals surface area contributed by atoms with Crippen LogP contribution in [0, 0.1) is 0 Å². The molecule has 0 aliphatic carbocycles. The van der Waals surface area contributed by atoms with Crippen LogP contribution in [-0.2, 0) is 28.5 Å². The molecule has 0 radical (unpaired) electrons. The van der Waals surface area contributed by atoms with E-state index in [-0.39, 0.29) is 6.61 Å². The summed E-state index contributed by atoms with van der Waals surface area (Å²) in [6, 6.07) is 0. The van der Waals surface area contributed by atoms with E-state index < -0.39 is 30.4 Å². The van der Waals surface area contributed by atoms with E-state index in [1.165, 1.54) is 13.8 Å². The molecule has 0 amide bonds. The van der Waals surface area contributed by atoms with Gasteiger partial charge in [-0.2, -0.15) is 0 Å². The molecule has 19 heavy (non-hydrogen) atoms. The molecule has 0 spiro atoms. The van der Waals surface area contributed by atoms with Gasteiger partial charge in [0.2, 0.25) is 0 Å². The van der Waals surface area contributed by atoms with Crippen molar-refractivity contribution in [3.8, 4) is 0 Å². The molecule has 6 nitrogen and oxygen atoms in total. The zero-order valence-corrected chi connectivity index (χ0v) is 11.0. The van der Waals surface area contributed by atoms with E-state index in [0.29, 0.717) is 6.61 Å². The number of carbonyl (C=O) groups is 2. The number of rotatable bonds is 6. The first-order valence-electron chi connectivity index (χ1n) is 5.89. The molecule has 0 bridgehead atoms. The van der Waals surface area contributed by atoms with E-state index in [2.05, 4.69) is 6.58 Å². The molecule has 0 aromatic heterocycles. The minimum atomic E-state index is -0.597. The van der Waals surface area contributed by atoms with Gasteiger partial charge < -0.3 is 18.9 Å². The average molecular weight is 270 g/mol. The minimum Gasteiger partial charge on any atom is -0.463 e. The molecule has 1 rings (SSSR count). The topological polar surface area (TPSA) is 71.1 Å². The van der Waals surface area contributed by atoms with Crippen molar-refractivity contribution in [1.82, 2.24) is 0 Å². The first kappa shape index (κ1) is 15.4. The molecule has 1 heterocycles. The Morgan fingerprint density at radius 3 is 2.63 bits per heavy atom. The number of carbonyl (C=O) groups excluding carboxylic acids is 2. The summed E-state index contributed by atoms with van der Waals surface area (Å²) in [6.07, 6.45) is 3.13. The smallest absolute Gasteiger partial charge is 0.303 e. The number of esters is 2. The van der Waals surface area contributed by atoms with Crippen LogP contribution in [0.1, 0.15) is 13.8 Å². The third kappa shape index (κ3) is 5.67. The van der Waals surface area contributed by atoms with Crippen molar-refractivity contribution >= 4 is 11.9 Å². The lowest BCUT2D eigenvalue weighted by Gasteiger charge is -2.31. The fraction of sp³-hybridized carbons (Fsp3) is 0.538. The summed E-state index contributed by atoms with van der Waals surface area (Å²) >= 11 is 0. The molecule has 0 saturated heterocycles. The molecule has 3 atom stereocenters. The highest BCUT2D eigenvalue weighted by molar-refractivity contribution is 5.66. The van der Waals surface area contributed by atoms with E-state index in [1.807, 2.05) is 0 Å². The van der Waals surface area contributed by atoms with E-state index >= 15 is 0 Å². The van der Waals surface area contributed by atoms with Crippen molar-refractivity contribution in [3.05, 3.63) is 24.8 Å². The van der Waals surface area contributed by atoms with Gasteiger partial charge in [0.05, 0.1) is 6.61 Å². The van der Waals surface area contributed by atoms with Crippen LogP contribution in [-0.4, -0.2) is 43.7 Å². The van der Waals surface area contributed by atoms with Gasteiger partial charge in [-0.25, -0.2) is 0 Å². The number of hydrogen-bond acceptors (Lipinski definition) is 6. The number of ether oxygens (including phenoxy) is 4. The van der Waals surface area contributed by atoms with E-state index in [4.69, 9.17) is 18.9 Å². The van der Waals surface area contributed by atoms with Crippen LogP contribution in [0.3, 0.4) is 0 Å². The van der Waals surface area contributed by atoms with Gasteiger partial charge in [0.25, 0.3) is 0 Å². The lowest BCUT2D eigenvalue weighted by atomic mass is 10.1. The molecule has 0 aromatic rings. The van der Waals surface area contributed by atoms with Crippen molar-refractivity contribution in [2.45, 2.75) is 32.3 Å². The van der Waals surface area contributed by atoms with Gasteiger partial charge >= 0.3 is 11.9 Å². The number of hydrogen-bond donors (Lipinski definition) is 0. The molecule has 0 aromatic carbocycles. The Hall–Kier alpha value is -1.66. The molecular weight excluding hydrogens is 252 g/mol. The third-order valence-electron chi connectivity index (χ3n) is 2.26. The second kappa shape index (κ2) is 7.70. The SMILES string of the molecule is C=CCOC1C=CC(OC(C)=O)C(COC(C)=O)O1. The maximum Gasteiger partial charge on any atom is 0.303 e. The molecular formula is C13H18O6. The molecule has 0 saturated carbocycles. The van der Waals surface area contributed by atoms with Crippen LogP contribution in [0.2, 0.25) is 0 Å². The Morgan fingerprint density at radius 2 is 2.05 bits per heavy atom. The second-order valence-electron chi connectivity index (χ2n) is 3.93. The van der Waals surface area contributed by atoms with Crippen LogP contribution in [0.25, 0.3) is 0 Å². The summed E-state index contributed by atoms with van der Waals surface area (Å²) < 4.78 is 20.8. The fourth-order valence-electron chi connectivity index (χ4n) is 1.52. The van der Waals surface area contributed by atoms with Crippen molar-refractivity contribution in [2.24, 2.45) is 0 Å². The van der Waals surface area contributed by atoms with E-state index in [9.17, 15) is 9.59 Å². The maximum atomic E-state index is 11.0. The highest BCUT2D eigenvalue weighted by Gasteiger charge is 2.30. The quantitative estimate of drug-likeness (QED) is 0.529. The first-order valence-corrected chi connectivity index (χ1v) is 5.89. The molecule has 3 unspecified atom stereocenters. The van der Waals surface area contributed by atoms with Gasteiger partial charge in [-0.05, 0) is 12.2 Å². The van der Waals surface area contributed by atoms with Gasteiger partial charge in [0.1, 0.15) is 18.8 Å². The van der Waals surface area contributed by atoms with E-state index in [1.54, 1.807) is 18.2 Å². The summed E-state index contributed by atoms with van der Waals surface area (Å²) in [5.74, 6) is -0.861. The summed E-state index contributed by atoms with van der Waals surface area (Å²) in [7, 11) is 0. The first-order chi connectivity index (χ1) is 9.02. The summed E-state index contributed by atoms with van der Waals surface area (Å²) in [5, 5.41) is 0. The molecule has 106 valence electrons. The van der Waals surface area contributed by atoms with Crippen molar-refractivity contribution in [3.63, 3.8) is 0 Å². The monoisotopic (exact) mass is 270 g/mol. The Balaban J connectivity index is 2.62. The van der Waals surface area contributed by atoms with Crippen molar-refractivity contribution < 1.29 is 28.5 Å². The fourth-order valence-corrected chi connectivity index (χ4v) is 1.52. The van der Waals surface area contributed by atoms with Crippen LogP contribution in [0.5, 0.6) is 0 Å². The molecule has 0 N–H and O–H groups in total. The van der Waals surface area contributed by atoms with Gasteiger partial charge in [0, 0.05) is 13.8 Å². The third-order valence-corrected chi connectivity index (χ3v) is 2.26. The Labute approximate surface area is 112 Å². The Morgan fingerprint density at radius 1 is 1.32 bits per heavy atom. The summed E-state index contributed by atoms with van der Waals surface area (Å²) in [6.45, 7) is 6.45. The predicted octanol–water partition coefficient (Wildman–Crippen LogP) is 0.965. The van der Waals surface area contributed by atoms with Gasteiger partial charge in [0.15, 0.2) is 6.29 Å². The largest absolute Gasteiger partial charge is 0.463 e. The van der Waals surface area contributed by atoms with Gasteiger partial charge in [-0.15, -0.1) is 6.58 Å². The standard InChI is InChI=1S/C13H18O6/c1-4-7-16-13-6-5-11(18-10(3)15)12(19-13)8-17-9(2)14/h4-6,11-13H,1,7-8H2,2-3H3. The minimum absolute atomic E-state index is 0.00836. The molecule has 6 heteroatoms. The lowest BCUT2D eigenvalue weighted by Crippen LogP contribution is -2.42. The summed E-state index contributed by atoms with van der Waals surface area (Å²) in [4.78, 5) is 21.8. The van der Waals surface area contributed by atoms with Crippen molar-refractivity contribution in [1.29, 1.82) is 0 Å². The Kier molecular flexibility index (Phi) is 6.24. The van der Waals surface area contributed by atoms with Crippen molar-refractivity contribution in [2.75, 3.05) is 13.2 Å². The molecule has 1 aliphatic rings. The Bertz CT molecular complexity index is 362. The van der Waals surface area contributed by atoms with Gasteiger partial charge in [-0.3, -0.25) is 9.59 Å². The second-order valence-corrected chi connectivity index (χ2v) is 3.93. The van der Waals surface area contributed by atoms with Crippen LogP contribution >= 0.6 is 0 Å². The van der Waals surface area contributed by atoms with Crippen LogP contribution in [0.4, 0.5) is 0 Å². The van der Waals surface area contributed by atoms with Gasteiger partial charge in [-0.1, -0.05) is 6.08 Å².